The zero-order valence-electron chi connectivity index (χ0n) is 13.4. The van der Waals surface area contributed by atoms with E-state index in [9.17, 15) is 10.2 Å². The van der Waals surface area contributed by atoms with E-state index in [2.05, 4.69) is 26.0 Å². The topological polar surface area (TPSA) is 49.7 Å². The van der Waals surface area contributed by atoms with Crippen molar-refractivity contribution in [2.24, 2.45) is 0 Å². The van der Waals surface area contributed by atoms with Crippen LogP contribution in [0.1, 0.15) is 56.2 Å². The Labute approximate surface area is 130 Å². The molecule has 0 aromatic heterocycles. The van der Waals surface area contributed by atoms with Gasteiger partial charge in [-0.3, -0.25) is 0 Å². The Bertz CT molecular complexity index is 789. The van der Waals surface area contributed by atoms with Gasteiger partial charge in [-0.1, -0.05) is 32.9 Å². The molecule has 2 N–H and O–H groups in total. The molecule has 2 aromatic rings. The van der Waals surface area contributed by atoms with Gasteiger partial charge in [0.15, 0.2) is 11.5 Å². The van der Waals surface area contributed by atoms with Crippen LogP contribution in [0.25, 0.3) is 10.8 Å². The normalized spacial score (nSPS) is 22.2. The SMILES string of the molecule is CC1COc2c1c(O)c(O)c1c3c(ccc21)C(C)(C)CCC3. The lowest BCUT2D eigenvalue weighted by molar-refractivity contribution is 0.340. The van der Waals surface area contributed by atoms with Crippen LogP contribution in [-0.4, -0.2) is 16.8 Å². The van der Waals surface area contributed by atoms with Crippen LogP contribution in [0, 0.1) is 0 Å². The zero-order valence-corrected chi connectivity index (χ0v) is 13.4. The number of benzene rings is 2. The first-order valence-electron chi connectivity index (χ1n) is 8.08. The molecule has 1 aliphatic heterocycles. The molecule has 0 radical (unpaired) electrons. The second kappa shape index (κ2) is 4.31. The molecular formula is C19H22O3. The third-order valence-electron chi connectivity index (χ3n) is 5.45. The van der Waals surface area contributed by atoms with Crippen LogP contribution in [0.4, 0.5) is 0 Å². The third-order valence-corrected chi connectivity index (χ3v) is 5.45. The summed E-state index contributed by atoms with van der Waals surface area (Å²) < 4.78 is 5.83. The average Bonchev–Trinajstić information content (AvgIpc) is 2.86. The van der Waals surface area contributed by atoms with Crippen molar-refractivity contribution in [3.05, 3.63) is 28.8 Å². The van der Waals surface area contributed by atoms with Gasteiger partial charge in [0, 0.05) is 22.3 Å². The molecule has 22 heavy (non-hydrogen) atoms. The summed E-state index contributed by atoms with van der Waals surface area (Å²) in [5.41, 5.74) is 3.32. The first kappa shape index (κ1) is 13.7. The predicted octanol–water partition coefficient (Wildman–Crippen LogP) is 4.36. The molecule has 1 heterocycles. The smallest absolute Gasteiger partial charge is 0.166 e. The first-order valence-corrected chi connectivity index (χ1v) is 8.08. The number of hydrogen-bond donors (Lipinski definition) is 2. The molecule has 1 unspecified atom stereocenters. The van der Waals surface area contributed by atoms with Crippen LogP contribution in [0.2, 0.25) is 0 Å². The van der Waals surface area contributed by atoms with Crippen LogP contribution in [0.15, 0.2) is 12.1 Å². The van der Waals surface area contributed by atoms with Crippen molar-refractivity contribution in [1.29, 1.82) is 0 Å². The number of aromatic hydroxyl groups is 2. The van der Waals surface area contributed by atoms with E-state index in [0.717, 1.165) is 41.3 Å². The van der Waals surface area contributed by atoms with E-state index in [-0.39, 0.29) is 22.8 Å². The minimum absolute atomic E-state index is 0.00396. The summed E-state index contributed by atoms with van der Waals surface area (Å²) >= 11 is 0. The van der Waals surface area contributed by atoms with Crippen molar-refractivity contribution in [1.82, 2.24) is 0 Å². The van der Waals surface area contributed by atoms with Crippen molar-refractivity contribution in [2.45, 2.75) is 51.4 Å². The van der Waals surface area contributed by atoms with Gasteiger partial charge in [-0.25, -0.2) is 0 Å². The Morgan fingerprint density at radius 3 is 2.73 bits per heavy atom. The van der Waals surface area contributed by atoms with Crippen molar-refractivity contribution < 1.29 is 14.9 Å². The Hall–Kier alpha value is -1.90. The molecule has 4 rings (SSSR count). The minimum Gasteiger partial charge on any atom is -0.504 e. The van der Waals surface area contributed by atoms with Gasteiger partial charge in [-0.15, -0.1) is 0 Å². The second-order valence-corrected chi connectivity index (χ2v) is 7.40. The van der Waals surface area contributed by atoms with Gasteiger partial charge in [0.05, 0.1) is 6.61 Å². The highest BCUT2D eigenvalue weighted by molar-refractivity contribution is 6.00. The number of phenols is 2. The summed E-state index contributed by atoms with van der Waals surface area (Å²) in [6.45, 7) is 7.07. The number of phenolic OH excluding ortho intramolecular Hbond substituents is 2. The molecule has 1 aliphatic carbocycles. The van der Waals surface area contributed by atoms with E-state index in [1.165, 1.54) is 11.1 Å². The van der Waals surface area contributed by atoms with E-state index < -0.39 is 0 Å². The van der Waals surface area contributed by atoms with E-state index >= 15 is 0 Å². The van der Waals surface area contributed by atoms with Gasteiger partial charge >= 0.3 is 0 Å². The standard InChI is InChI=1S/C19H22O3/c1-10-9-22-18-12-6-7-13-11(5-4-8-19(13,2)3)15(12)17(21)16(20)14(10)18/h6-7,10,20-21H,4-5,8-9H2,1-3H3. The van der Waals surface area contributed by atoms with E-state index in [1.807, 2.05) is 6.92 Å². The number of hydrogen-bond acceptors (Lipinski definition) is 3. The van der Waals surface area contributed by atoms with E-state index in [1.54, 1.807) is 0 Å². The monoisotopic (exact) mass is 298 g/mol. The number of aryl methyl sites for hydroxylation is 1. The van der Waals surface area contributed by atoms with Gasteiger partial charge in [0.25, 0.3) is 0 Å². The molecule has 1 atom stereocenters. The molecule has 0 saturated heterocycles. The molecule has 2 aliphatic rings. The lowest BCUT2D eigenvalue weighted by Gasteiger charge is -2.33. The molecular weight excluding hydrogens is 276 g/mol. The highest BCUT2D eigenvalue weighted by Gasteiger charge is 2.34. The fraction of sp³-hybridized carbons (Fsp3) is 0.474. The Balaban J connectivity index is 2.13. The summed E-state index contributed by atoms with van der Waals surface area (Å²) in [5, 5.41) is 22.9. The second-order valence-electron chi connectivity index (χ2n) is 7.40. The Morgan fingerprint density at radius 1 is 1.18 bits per heavy atom. The molecule has 0 spiro atoms. The van der Waals surface area contributed by atoms with Gasteiger partial charge in [-0.05, 0) is 35.8 Å². The molecule has 0 bridgehead atoms. The lowest BCUT2D eigenvalue weighted by atomic mass is 9.71. The number of rotatable bonds is 0. The summed E-state index contributed by atoms with van der Waals surface area (Å²) in [7, 11) is 0. The fourth-order valence-electron chi connectivity index (χ4n) is 4.25. The number of ether oxygens (including phenoxy) is 1. The van der Waals surface area contributed by atoms with Gasteiger partial charge in [0.2, 0.25) is 0 Å². The van der Waals surface area contributed by atoms with Crippen LogP contribution in [-0.2, 0) is 11.8 Å². The molecule has 3 heteroatoms. The molecule has 2 aromatic carbocycles. The predicted molar refractivity (Wildman–Crippen MR) is 87.2 cm³/mol. The Morgan fingerprint density at radius 2 is 1.95 bits per heavy atom. The van der Waals surface area contributed by atoms with Crippen LogP contribution in [0.5, 0.6) is 17.2 Å². The molecule has 0 saturated carbocycles. The van der Waals surface area contributed by atoms with Crippen LogP contribution < -0.4 is 4.74 Å². The quantitative estimate of drug-likeness (QED) is 0.710. The van der Waals surface area contributed by atoms with E-state index in [0.29, 0.717) is 6.61 Å². The van der Waals surface area contributed by atoms with Crippen molar-refractivity contribution in [3.8, 4) is 17.2 Å². The summed E-state index contributed by atoms with van der Waals surface area (Å²) in [6.07, 6.45) is 3.20. The zero-order chi connectivity index (χ0) is 15.6. The van der Waals surface area contributed by atoms with Gasteiger partial charge in [0.1, 0.15) is 5.75 Å². The summed E-state index contributed by atoms with van der Waals surface area (Å²) in [6, 6.07) is 4.23. The molecule has 3 nitrogen and oxygen atoms in total. The number of fused-ring (bicyclic) bond motifs is 5. The third kappa shape index (κ3) is 1.62. The largest absolute Gasteiger partial charge is 0.504 e. The van der Waals surface area contributed by atoms with Crippen LogP contribution in [0.3, 0.4) is 0 Å². The highest BCUT2D eigenvalue weighted by atomic mass is 16.5. The molecule has 0 fully saturated rings. The van der Waals surface area contributed by atoms with Gasteiger partial charge in [-0.2, -0.15) is 0 Å². The Kier molecular flexibility index (Phi) is 2.69. The maximum atomic E-state index is 10.7. The van der Waals surface area contributed by atoms with Crippen LogP contribution >= 0.6 is 0 Å². The van der Waals surface area contributed by atoms with Crippen molar-refractivity contribution in [2.75, 3.05) is 6.61 Å². The fourth-order valence-corrected chi connectivity index (χ4v) is 4.25. The lowest BCUT2D eigenvalue weighted by Crippen LogP contribution is -2.23. The first-order chi connectivity index (χ1) is 10.4. The highest BCUT2D eigenvalue weighted by Crippen LogP contribution is 2.53. The summed E-state index contributed by atoms with van der Waals surface area (Å²) in [4.78, 5) is 0. The van der Waals surface area contributed by atoms with Crippen molar-refractivity contribution in [3.63, 3.8) is 0 Å². The van der Waals surface area contributed by atoms with Crippen molar-refractivity contribution >= 4 is 10.8 Å². The van der Waals surface area contributed by atoms with Gasteiger partial charge < -0.3 is 14.9 Å². The maximum absolute atomic E-state index is 10.7. The van der Waals surface area contributed by atoms with E-state index in [4.69, 9.17) is 4.74 Å². The summed E-state index contributed by atoms with van der Waals surface area (Å²) in [5.74, 6) is 0.895. The average molecular weight is 298 g/mol. The minimum atomic E-state index is 0.00396. The maximum Gasteiger partial charge on any atom is 0.166 e. The molecule has 116 valence electrons. The molecule has 0 amide bonds.